The van der Waals surface area contributed by atoms with E-state index in [0.717, 1.165) is 13.0 Å². The molecule has 0 aromatic heterocycles. The van der Waals surface area contributed by atoms with Crippen LogP contribution < -0.4 is 5.73 Å². The summed E-state index contributed by atoms with van der Waals surface area (Å²) >= 11 is 0. The number of nitrogens with two attached hydrogens (primary N) is 1. The maximum Gasteiger partial charge on any atom is 0.0623 e. The molecule has 0 heterocycles. The van der Waals surface area contributed by atoms with Gasteiger partial charge in [-0.2, -0.15) is 0 Å². The van der Waals surface area contributed by atoms with Crippen LogP contribution in [0.25, 0.3) is 0 Å². The molecule has 1 fully saturated rings. The topological polar surface area (TPSA) is 35.2 Å². The van der Waals surface area contributed by atoms with Crippen molar-refractivity contribution < 1.29 is 4.74 Å². The first kappa shape index (κ1) is 11.0. The van der Waals surface area contributed by atoms with Crippen LogP contribution in [-0.4, -0.2) is 19.3 Å². The number of ether oxygens (including phenoxy) is 1. The Balaban J connectivity index is 2.32. The van der Waals surface area contributed by atoms with Crippen molar-refractivity contribution in [3.8, 4) is 0 Å². The Bertz CT molecular complexity index is 156. The van der Waals surface area contributed by atoms with E-state index in [2.05, 4.69) is 13.8 Å². The molecule has 1 rings (SSSR count). The van der Waals surface area contributed by atoms with Crippen LogP contribution in [0.4, 0.5) is 0 Å². The fourth-order valence-electron chi connectivity index (χ4n) is 1.90. The Hall–Kier alpha value is -0.0800. The zero-order chi connectivity index (χ0) is 9.95. The lowest BCUT2D eigenvalue weighted by molar-refractivity contribution is -0.00578. The van der Waals surface area contributed by atoms with Crippen molar-refractivity contribution in [2.24, 2.45) is 11.1 Å². The summed E-state index contributed by atoms with van der Waals surface area (Å²) in [6, 6.07) is 0. The normalized spacial score (nSPS) is 21.2. The number of hydrogen-bond donors (Lipinski definition) is 1. The zero-order valence-electron chi connectivity index (χ0n) is 9.23. The molecule has 0 spiro atoms. The van der Waals surface area contributed by atoms with Crippen molar-refractivity contribution in [1.82, 2.24) is 0 Å². The quantitative estimate of drug-likeness (QED) is 0.713. The zero-order valence-corrected chi connectivity index (χ0v) is 9.23. The molecule has 0 aliphatic heterocycles. The highest BCUT2D eigenvalue weighted by Crippen LogP contribution is 2.44. The van der Waals surface area contributed by atoms with E-state index < -0.39 is 0 Å². The molecule has 2 heteroatoms. The highest BCUT2D eigenvalue weighted by molar-refractivity contribution is 4.90. The third-order valence-corrected chi connectivity index (χ3v) is 3.66. The minimum Gasteiger partial charge on any atom is -0.379 e. The fourth-order valence-corrected chi connectivity index (χ4v) is 1.90. The standard InChI is InChI=1S/C11H23NO/c1-10(2,13-3)7-8-11(9-12)5-4-6-11/h4-9,12H2,1-3H3. The van der Waals surface area contributed by atoms with Gasteiger partial charge >= 0.3 is 0 Å². The maximum absolute atomic E-state index is 5.80. The molecule has 0 amide bonds. The van der Waals surface area contributed by atoms with Crippen LogP contribution in [0, 0.1) is 5.41 Å². The molecule has 2 nitrogen and oxygen atoms in total. The Morgan fingerprint density at radius 3 is 2.31 bits per heavy atom. The highest BCUT2D eigenvalue weighted by atomic mass is 16.5. The predicted octanol–water partition coefficient (Wildman–Crippen LogP) is 2.32. The molecule has 0 aromatic carbocycles. The van der Waals surface area contributed by atoms with Crippen molar-refractivity contribution in [2.75, 3.05) is 13.7 Å². The van der Waals surface area contributed by atoms with Gasteiger partial charge in [0.25, 0.3) is 0 Å². The first-order valence-electron chi connectivity index (χ1n) is 5.29. The summed E-state index contributed by atoms with van der Waals surface area (Å²) in [5, 5.41) is 0. The average molecular weight is 185 g/mol. The van der Waals surface area contributed by atoms with E-state index in [1.807, 2.05) is 0 Å². The second-order valence-corrected chi connectivity index (χ2v) is 5.02. The number of methoxy groups -OCH3 is 1. The molecule has 0 aromatic rings. The van der Waals surface area contributed by atoms with Gasteiger partial charge in [0.2, 0.25) is 0 Å². The van der Waals surface area contributed by atoms with Gasteiger partial charge in [0.05, 0.1) is 5.60 Å². The summed E-state index contributed by atoms with van der Waals surface area (Å²) in [6.45, 7) is 5.15. The van der Waals surface area contributed by atoms with E-state index in [1.165, 1.54) is 25.7 Å². The van der Waals surface area contributed by atoms with E-state index in [-0.39, 0.29) is 5.60 Å². The lowest BCUT2D eigenvalue weighted by Crippen LogP contribution is -2.39. The molecule has 0 saturated heterocycles. The largest absolute Gasteiger partial charge is 0.379 e. The maximum atomic E-state index is 5.80. The van der Waals surface area contributed by atoms with Crippen molar-refractivity contribution >= 4 is 0 Å². The SMILES string of the molecule is COC(C)(C)CCC1(CN)CCC1. The smallest absolute Gasteiger partial charge is 0.0623 e. The summed E-state index contributed by atoms with van der Waals surface area (Å²) < 4.78 is 5.41. The summed E-state index contributed by atoms with van der Waals surface area (Å²) in [7, 11) is 1.79. The molecule has 1 saturated carbocycles. The molecule has 0 unspecified atom stereocenters. The van der Waals surface area contributed by atoms with Gasteiger partial charge in [-0.15, -0.1) is 0 Å². The van der Waals surface area contributed by atoms with Crippen molar-refractivity contribution in [2.45, 2.75) is 51.6 Å². The molecule has 13 heavy (non-hydrogen) atoms. The lowest BCUT2D eigenvalue weighted by atomic mass is 9.65. The average Bonchev–Trinajstić information content (AvgIpc) is 2.03. The summed E-state index contributed by atoms with van der Waals surface area (Å²) in [5.41, 5.74) is 6.29. The van der Waals surface area contributed by atoms with E-state index in [4.69, 9.17) is 10.5 Å². The molecule has 0 bridgehead atoms. The molecule has 2 N–H and O–H groups in total. The van der Waals surface area contributed by atoms with Crippen molar-refractivity contribution in [3.05, 3.63) is 0 Å². The minimum atomic E-state index is 0.0256. The Labute approximate surface area is 81.8 Å². The van der Waals surface area contributed by atoms with Gasteiger partial charge < -0.3 is 10.5 Å². The predicted molar refractivity (Wildman–Crippen MR) is 55.7 cm³/mol. The number of rotatable bonds is 5. The monoisotopic (exact) mass is 185 g/mol. The molecule has 1 aliphatic rings. The van der Waals surface area contributed by atoms with Gasteiger partial charge in [0, 0.05) is 7.11 Å². The van der Waals surface area contributed by atoms with Crippen LogP contribution in [0.1, 0.15) is 46.0 Å². The van der Waals surface area contributed by atoms with Gasteiger partial charge in [-0.05, 0) is 51.5 Å². The van der Waals surface area contributed by atoms with Crippen LogP contribution in [0.15, 0.2) is 0 Å². The van der Waals surface area contributed by atoms with Gasteiger partial charge in [-0.25, -0.2) is 0 Å². The van der Waals surface area contributed by atoms with E-state index in [1.54, 1.807) is 7.11 Å². The Kier molecular flexibility index (Phi) is 3.36. The number of hydrogen-bond acceptors (Lipinski definition) is 2. The second kappa shape index (κ2) is 3.97. The lowest BCUT2D eigenvalue weighted by Gasteiger charge is -2.42. The second-order valence-electron chi connectivity index (χ2n) is 5.02. The van der Waals surface area contributed by atoms with Crippen molar-refractivity contribution in [1.29, 1.82) is 0 Å². The van der Waals surface area contributed by atoms with Crippen molar-refractivity contribution in [3.63, 3.8) is 0 Å². The van der Waals surface area contributed by atoms with Gasteiger partial charge in [0.1, 0.15) is 0 Å². The van der Waals surface area contributed by atoms with E-state index in [0.29, 0.717) is 5.41 Å². The first-order valence-corrected chi connectivity index (χ1v) is 5.29. The molecular weight excluding hydrogens is 162 g/mol. The van der Waals surface area contributed by atoms with E-state index >= 15 is 0 Å². The molecule has 78 valence electrons. The molecular formula is C11H23NO. The highest BCUT2D eigenvalue weighted by Gasteiger charge is 2.36. The summed E-state index contributed by atoms with van der Waals surface area (Å²) in [5.74, 6) is 0. The Morgan fingerprint density at radius 2 is 2.00 bits per heavy atom. The fraction of sp³-hybridized carbons (Fsp3) is 1.00. The molecule has 0 atom stereocenters. The van der Waals surface area contributed by atoms with Crippen LogP contribution in [0.3, 0.4) is 0 Å². The minimum absolute atomic E-state index is 0.0256. The summed E-state index contributed by atoms with van der Waals surface area (Å²) in [4.78, 5) is 0. The summed E-state index contributed by atoms with van der Waals surface area (Å²) in [6.07, 6.45) is 6.36. The van der Waals surface area contributed by atoms with Gasteiger partial charge in [0.15, 0.2) is 0 Å². The van der Waals surface area contributed by atoms with Crippen LogP contribution in [0.2, 0.25) is 0 Å². The first-order chi connectivity index (χ1) is 6.04. The Morgan fingerprint density at radius 1 is 1.38 bits per heavy atom. The van der Waals surface area contributed by atoms with Crippen LogP contribution in [-0.2, 0) is 4.74 Å². The van der Waals surface area contributed by atoms with E-state index in [9.17, 15) is 0 Å². The third kappa shape index (κ3) is 2.68. The third-order valence-electron chi connectivity index (χ3n) is 3.66. The molecule has 1 aliphatic carbocycles. The van der Waals surface area contributed by atoms with Gasteiger partial charge in [-0.3, -0.25) is 0 Å². The molecule has 0 radical (unpaired) electrons. The van der Waals surface area contributed by atoms with Crippen LogP contribution >= 0.6 is 0 Å². The van der Waals surface area contributed by atoms with Gasteiger partial charge in [-0.1, -0.05) is 6.42 Å². The van der Waals surface area contributed by atoms with Crippen LogP contribution in [0.5, 0.6) is 0 Å².